The van der Waals surface area contributed by atoms with Crippen LogP contribution in [0.3, 0.4) is 0 Å². The van der Waals surface area contributed by atoms with E-state index in [1.807, 2.05) is 6.92 Å². The molecule has 0 aromatic heterocycles. The molecule has 0 bridgehead atoms. The van der Waals surface area contributed by atoms with Gasteiger partial charge in [-0.2, -0.15) is 0 Å². The quantitative estimate of drug-likeness (QED) is 0.824. The SMILES string of the molecule is CCC(C)(C)NC(C)c1ccc(F)cc1F. The van der Waals surface area contributed by atoms with Crippen molar-refractivity contribution in [3.05, 3.63) is 35.4 Å². The van der Waals surface area contributed by atoms with Gasteiger partial charge in [-0.25, -0.2) is 8.78 Å². The third kappa shape index (κ3) is 3.27. The second kappa shape index (κ2) is 4.91. The largest absolute Gasteiger partial charge is 0.305 e. The Bertz CT molecular complexity index is 361. The molecule has 1 N–H and O–H groups in total. The molecule has 1 aromatic carbocycles. The molecule has 0 aliphatic rings. The number of nitrogens with one attached hydrogen (secondary N) is 1. The van der Waals surface area contributed by atoms with E-state index in [9.17, 15) is 8.78 Å². The van der Waals surface area contributed by atoms with Gasteiger partial charge in [-0.1, -0.05) is 13.0 Å². The van der Waals surface area contributed by atoms with Crippen molar-refractivity contribution in [2.24, 2.45) is 0 Å². The Balaban J connectivity index is 2.84. The lowest BCUT2D eigenvalue weighted by Crippen LogP contribution is -2.40. The molecular formula is C13H19F2N. The Hall–Kier alpha value is -0.960. The van der Waals surface area contributed by atoms with Crippen molar-refractivity contribution >= 4 is 0 Å². The molecule has 0 heterocycles. The predicted molar refractivity (Wildman–Crippen MR) is 62.3 cm³/mol. The molecule has 0 spiro atoms. The molecule has 1 nitrogen and oxygen atoms in total. The van der Waals surface area contributed by atoms with Crippen molar-refractivity contribution in [1.82, 2.24) is 5.32 Å². The average Bonchev–Trinajstić information content (AvgIpc) is 2.16. The summed E-state index contributed by atoms with van der Waals surface area (Å²) in [6, 6.07) is 3.58. The van der Waals surface area contributed by atoms with E-state index in [1.54, 1.807) is 0 Å². The molecule has 1 rings (SSSR count). The molecule has 1 unspecified atom stereocenters. The topological polar surface area (TPSA) is 12.0 Å². The molecule has 3 heteroatoms. The third-order valence-corrected chi connectivity index (χ3v) is 2.92. The van der Waals surface area contributed by atoms with Crippen LogP contribution in [0.5, 0.6) is 0 Å². The predicted octanol–water partition coefficient (Wildman–Crippen LogP) is 3.80. The van der Waals surface area contributed by atoms with Crippen molar-refractivity contribution in [3.63, 3.8) is 0 Å². The van der Waals surface area contributed by atoms with Gasteiger partial charge in [0.15, 0.2) is 0 Å². The van der Waals surface area contributed by atoms with Crippen LogP contribution in [0.4, 0.5) is 8.78 Å². The minimum absolute atomic E-state index is 0.0553. The fourth-order valence-corrected chi connectivity index (χ4v) is 1.62. The molecule has 0 aliphatic heterocycles. The molecule has 0 fully saturated rings. The second-order valence-electron chi connectivity index (χ2n) is 4.77. The third-order valence-electron chi connectivity index (χ3n) is 2.92. The average molecular weight is 227 g/mol. The summed E-state index contributed by atoms with van der Waals surface area (Å²) in [6.45, 7) is 8.07. The van der Waals surface area contributed by atoms with Crippen molar-refractivity contribution in [3.8, 4) is 0 Å². The number of hydrogen-bond acceptors (Lipinski definition) is 1. The fraction of sp³-hybridized carbons (Fsp3) is 0.538. The maximum absolute atomic E-state index is 13.5. The molecule has 0 aliphatic carbocycles. The molecule has 0 saturated carbocycles. The summed E-state index contributed by atoms with van der Waals surface area (Å²) in [7, 11) is 0. The monoisotopic (exact) mass is 227 g/mol. The lowest BCUT2D eigenvalue weighted by molar-refractivity contribution is 0.333. The number of halogens is 2. The molecule has 0 amide bonds. The first kappa shape index (κ1) is 13.1. The van der Waals surface area contributed by atoms with Gasteiger partial charge in [0.25, 0.3) is 0 Å². The van der Waals surface area contributed by atoms with E-state index in [4.69, 9.17) is 0 Å². The van der Waals surface area contributed by atoms with E-state index < -0.39 is 11.6 Å². The van der Waals surface area contributed by atoms with Crippen LogP contribution in [0, 0.1) is 11.6 Å². The first-order valence-electron chi connectivity index (χ1n) is 5.58. The van der Waals surface area contributed by atoms with E-state index in [-0.39, 0.29) is 11.6 Å². The first-order chi connectivity index (χ1) is 7.35. The lowest BCUT2D eigenvalue weighted by atomic mass is 9.98. The Labute approximate surface area is 95.9 Å². The van der Waals surface area contributed by atoms with Gasteiger partial charge in [-0.05, 0) is 33.3 Å². The van der Waals surface area contributed by atoms with Crippen LogP contribution in [0.2, 0.25) is 0 Å². The Morgan fingerprint density at radius 3 is 2.44 bits per heavy atom. The van der Waals surface area contributed by atoms with E-state index in [0.29, 0.717) is 5.56 Å². The molecule has 90 valence electrons. The maximum atomic E-state index is 13.5. The molecular weight excluding hydrogens is 208 g/mol. The summed E-state index contributed by atoms with van der Waals surface area (Å²) >= 11 is 0. The number of hydrogen-bond donors (Lipinski definition) is 1. The normalized spacial score (nSPS) is 13.9. The van der Waals surface area contributed by atoms with Crippen LogP contribution in [0.15, 0.2) is 18.2 Å². The highest BCUT2D eigenvalue weighted by molar-refractivity contribution is 5.22. The van der Waals surface area contributed by atoms with Gasteiger partial charge in [-0.15, -0.1) is 0 Å². The summed E-state index contributed by atoms with van der Waals surface area (Å²) in [6.07, 6.45) is 0.945. The first-order valence-corrected chi connectivity index (χ1v) is 5.58. The highest BCUT2D eigenvalue weighted by atomic mass is 19.1. The van der Waals surface area contributed by atoms with Gasteiger partial charge in [0.05, 0.1) is 0 Å². The lowest BCUT2D eigenvalue weighted by Gasteiger charge is -2.29. The highest BCUT2D eigenvalue weighted by Gasteiger charge is 2.20. The molecule has 0 saturated heterocycles. The van der Waals surface area contributed by atoms with Crippen LogP contribution in [0.1, 0.15) is 45.7 Å². The van der Waals surface area contributed by atoms with Gasteiger partial charge < -0.3 is 5.32 Å². The van der Waals surface area contributed by atoms with E-state index in [1.165, 1.54) is 12.1 Å². The summed E-state index contributed by atoms with van der Waals surface area (Å²) in [5.74, 6) is -1.03. The number of rotatable bonds is 4. The van der Waals surface area contributed by atoms with E-state index >= 15 is 0 Å². The number of benzene rings is 1. The Morgan fingerprint density at radius 1 is 1.31 bits per heavy atom. The van der Waals surface area contributed by atoms with Gasteiger partial charge >= 0.3 is 0 Å². The van der Waals surface area contributed by atoms with E-state index in [0.717, 1.165) is 12.5 Å². The molecule has 1 aromatic rings. The zero-order valence-electron chi connectivity index (χ0n) is 10.3. The second-order valence-corrected chi connectivity index (χ2v) is 4.77. The van der Waals surface area contributed by atoms with Gasteiger partial charge in [-0.3, -0.25) is 0 Å². The van der Waals surface area contributed by atoms with E-state index in [2.05, 4.69) is 26.1 Å². The van der Waals surface area contributed by atoms with Crippen molar-refractivity contribution < 1.29 is 8.78 Å². The zero-order chi connectivity index (χ0) is 12.3. The van der Waals surface area contributed by atoms with Crippen LogP contribution in [0.25, 0.3) is 0 Å². The minimum atomic E-state index is -0.539. The summed E-state index contributed by atoms with van der Waals surface area (Å²) in [5.41, 5.74) is 0.447. The molecule has 16 heavy (non-hydrogen) atoms. The standard InChI is InChI=1S/C13H19F2N/c1-5-13(3,4)16-9(2)11-7-6-10(14)8-12(11)15/h6-9,16H,5H2,1-4H3. The smallest absolute Gasteiger partial charge is 0.130 e. The van der Waals surface area contributed by atoms with Gasteiger partial charge in [0.1, 0.15) is 11.6 Å². The maximum Gasteiger partial charge on any atom is 0.130 e. The van der Waals surface area contributed by atoms with Crippen LogP contribution in [-0.4, -0.2) is 5.54 Å². The summed E-state index contributed by atoms with van der Waals surface area (Å²) < 4.78 is 26.3. The fourth-order valence-electron chi connectivity index (χ4n) is 1.62. The van der Waals surface area contributed by atoms with Crippen molar-refractivity contribution in [2.75, 3.05) is 0 Å². The Morgan fingerprint density at radius 2 is 1.94 bits per heavy atom. The summed E-state index contributed by atoms with van der Waals surface area (Å²) in [5, 5.41) is 3.32. The van der Waals surface area contributed by atoms with Crippen LogP contribution >= 0.6 is 0 Å². The van der Waals surface area contributed by atoms with Crippen molar-refractivity contribution in [2.45, 2.75) is 45.7 Å². The highest BCUT2D eigenvalue weighted by Crippen LogP contribution is 2.21. The molecule has 0 radical (unpaired) electrons. The van der Waals surface area contributed by atoms with Gasteiger partial charge in [0, 0.05) is 23.2 Å². The van der Waals surface area contributed by atoms with Crippen molar-refractivity contribution in [1.29, 1.82) is 0 Å². The Kier molecular flexibility index (Phi) is 4.03. The zero-order valence-corrected chi connectivity index (χ0v) is 10.3. The molecule has 1 atom stereocenters. The van der Waals surface area contributed by atoms with Crippen LogP contribution < -0.4 is 5.32 Å². The minimum Gasteiger partial charge on any atom is -0.305 e. The van der Waals surface area contributed by atoms with Crippen LogP contribution in [-0.2, 0) is 0 Å². The van der Waals surface area contributed by atoms with Gasteiger partial charge in [0.2, 0.25) is 0 Å². The summed E-state index contributed by atoms with van der Waals surface area (Å²) in [4.78, 5) is 0.